The van der Waals surface area contributed by atoms with Crippen LogP contribution in [-0.4, -0.2) is 61.1 Å². The Kier molecular flexibility index (Phi) is 4.22. The lowest BCUT2D eigenvalue weighted by molar-refractivity contribution is -0.129. The highest BCUT2D eigenvalue weighted by molar-refractivity contribution is 6.08. The van der Waals surface area contributed by atoms with Gasteiger partial charge in [-0.1, -0.05) is 6.42 Å². The third-order valence-electron chi connectivity index (χ3n) is 5.79. The molecule has 1 saturated heterocycles. The van der Waals surface area contributed by atoms with Crippen LogP contribution in [-0.2, 0) is 14.3 Å². The molecular weight excluding hydrogens is 336 g/mol. The quantitative estimate of drug-likeness (QED) is 0.587. The van der Waals surface area contributed by atoms with E-state index in [0.29, 0.717) is 32.0 Å². The number of carbonyl (C=O) groups is 3. The average Bonchev–Trinajstić information content (AvgIpc) is 3.02. The number of hydrogen-bond donors (Lipinski definition) is 3. The molecule has 1 unspecified atom stereocenters. The van der Waals surface area contributed by atoms with Gasteiger partial charge < -0.3 is 20.3 Å². The third kappa shape index (κ3) is 2.88. The molecule has 8 heteroatoms. The number of carbonyl (C=O) groups excluding carboxylic acids is 3. The molecule has 4 aliphatic rings. The summed E-state index contributed by atoms with van der Waals surface area (Å²) in [4.78, 5) is 38.7. The van der Waals surface area contributed by atoms with Gasteiger partial charge in [0.15, 0.2) is 5.54 Å². The van der Waals surface area contributed by atoms with E-state index < -0.39 is 11.6 Å². The summed E-state index contributed by atoms with van der Waals surface area (Å²) in [7, 11) is 1.63. The number of ether oxygens (including phenoxy) is 1. The van der Waals surface area contributed by atoms with Crippen molar-refractivity contribution in [3.05, 3.63) is 23.0 Å². The fraction of sp³-hybridized carbons (Fsp3) is 0.611. The maximum atomic E-state index is 12.8. The molecule has 3 N–H and O–H groups in total. The largest absolute Gasteiger partial charge is 0.501 e. The minimum Gasteiger partial charge on any atom is -0.501 e. The minimum absolute atomic E-state index is 0.0524. The number of amides is 4. The van der Waals surface area contributed by atoms with Gasteiger partial charge >= 0.3 is 6.03 Å². The molecule has 0 radical (unpaired) electrons. The van der Waals surface area contributed by atoms with E-state index in [1.54, 1.807) is 12.0 Å². The molecular formula is C18H24N4O4. The number of allylic oxidation sites excluding steroid dienone is 1. The molecule has 4 amide bonds. The van der Waals surface area contributed by atoms with Gasteiger partial charge in [-0.25, -0.2) is 4.79 Å². The lowest BCUT2D eigenvalue weighted by atomic mass is 9.91. The molecule has 2 aliphatic carbocycles. The normalized spacial score (nSPS) is 28.6. The standard InChI is InChI=1S/C18H24N4O4/c1-26-13-5-6-14-11(7-13)8-22(15(14)23)10-18(9-19-12-3-2-4-12)16(24)20-17(25)21-18/h7,12,19H,2-6,8-10H2,1H3,(H2,20,21,24,25). The van der Waals surface area contributed by atoms with Crippen LogP contribution < -0.4 is 16.0 Å². The van der Waals surface area contributed by atoms with Crippen molar-refractivity contribution in [3.63, 3.8) is 0 Å². The van der Waals surface area contributed by atoms with Crippen LogP contribution >= 0.6 is 0 Å². The van der Waals surface area contributed by atoms with Crippen molar-refractivity contribution in [1.82, 2.24) is 20.9 Å². The molecule has 140 valence electrons. The summed E-state index contributed by atoms with van der Waals surface area (Å²) in [6.07, 6.45) is 6.61. The van der Waals surface area contributed by atoms with Gasteiger partial charge in [-0.05, 0) is 30.9 Å². The molecule has 0 aromatic heterocycles. The van der Waals surface area contributed by atoms with Crippen LogP contribution in [0.1, 0.15) is 32.1 Å². The van der Waals surface area contributed by atoms with Gasteiger partial charge in [-0.2, -0.15) is 0 Å². The van der Waals surface area contributed by atoms with E-state index in [2.05, 4.69) is 16.0 Å². The maximum Gasteiger partial charge on any atom is 0.322 e. The topological polar surface area (TPSA) is 99.8 Å². The van der Waals surface area contributed by atoms with E-state index in [9.17, 15) is 14.4 Å². The van der Waals surface area contributed by atoms with E-state index in [-0.39, 0.29) is 18.4 Å². The number of imide groups is 1. The van der Waals surface area contributed by atoms with Crippen LogP contribution in [0.5, 0.6) is 0 Å². The number of hydrogen-bond acceptors (Lipinski definition) is 5. The van der Waals surface area contributed by atoms with Crippen molar-refractivity contribution in [2.24, 2.45) is 0 Å². The van der Waals surface area contributed by atoms with Crippen LogP contribution in [0.4, 0.5) is 4.79 Å². The number of urea groups is 1. The van der Waals surface area contributed by atoms with Gasteiger partial charge in [0, 0.05) is 31.1 Å². The van der Waals surface area contributed by atoms with Crippen molar-refractivity contribution < 1.29 is 19.1 Å². The van der Waals surface area contributed by atoms with E-state index >= 15 is 0 Å². The van der Waals surface area contributed by atoms with Crippen molar-refractivity contribution in [2.75, 3.05) is 26.7 Å². The summed E-state index contributed by atoms with van der Waals surface area (Å²) >= 11 is 0. The number of methoxy groups -OCH3 is 1. The Morgan fingerprint density at radius 3 is 2.73 bits per heavy atom. The lowest BCUT2D eigenvalue weighted by Gasteiger charge is -2.35. The van der Waals surface area contributed by atoms with Crippen LogP contribution in [0, 0.1) is 0 Å². The van der Waals surface area contributed by atoms with Crippen LogP contribution in [0.15, 0.2) is 23.0 Å². The molecule has 1 atom stereocenters. The molecule has 2 aliphatic heterocycles. The lowest BCUT2D eigenvalue weighted by Crippen LogP contribution is -2.62. The predicted molar refractivity (Wildman–Crippen MR) is 93.0 cm³/mol. The molecule has 0 spiro atoms. The second kappa shape index (κ2) is 6.42. The molecule has 0 aromatic carbocycles. The number of rotatable bonds is 6. The molecule has 26 heavy (non-hydrogen) atoms. The Balaban J connectivity index is 1.50. The zero-order chi connectivity index (χ0) is 18.3. The van der Waals surface area contributed by atoms with E-state index in [1.807, 2.05) is 6.08 Å². The summed E-state index contributed by atoms with van der Waals surface area (Å²) in [5.74, 6) is 0.440. The van der Waals surface area contributed by atoms with Gasteiger partial charge in [0.05, 0.1) is 19.4 Å². The fourth-order valence-electron chi connectivity index (χ4n) is 3.98. The Labute approximate surface area is 152 Å². The molecule has 0 aromatic rings. The Bertz CT molecular complexity index is 725. The zero-order valence-electron chi connectivity index (χ0n) is 14.9. The smallest absolute Gasteiger partial charge is 0.322 e. The van der Waals surface area contributed by atoms with Gasteiger partial charge in [0.1, 0.15) is 0 Å². The molecule has 2 fully saturated rings. The number of nitrogens with zero attached hydrogens (tertiary/aromatic N) is 1. The first kappa shape index (κ1) is 17.1. The highest BCUT2D eigenvalue weighted by atomic mass is 16.5. The van der Waals surface area contributed by atoms with Crippen LogP contribution in [0.25, 0.3) is 0 Å². The van der Waals surface area contributed by atoms with Crippen LogP contribution in [0.2, 0.25) is 0 Å². The molecule has 0 bridgehead atoms. The molecule has 4 rings (SSSR count). The Morgan fingerprint density at radius 2 is 2.12 bits per heavy atom. The molecule has 1 saturated carbocycles. The first-order chi connectivity index (χ1) is 12.5. The highest BCUT2D eigenvalue weighted by Crippen LogP contribution is 2.32. The summed E-state index contributed by atoms with van der Waals surface area (Å²) in [6.45, 7) is 0.921. The number of nitrogens with one attached hydrogen (secondary N) is 3. The van der Waals surface area contributed by atoms with Crippen molar-refractivity contribution in [3.8, 4) is 0 Å². The minimum atomic E-state index is -1.12. The van der Waals surface area contributed by atoms with Crippen LogP contribution in [0.3, 0.4) is 0 Å². The van der Waals surface area contributed by atoms with Gasteiger partial charge in [0.25, 0.3) is 11.8 Å². The second-order valence-corrected chi connectivity index (χ2v) is 7.48. The zero-order valence-corrected chi connectivity index (χ0v) is 14.9. The summed E-state index contributed by atoms with van der Waals surface area (Å²) in [5.41, 5.74) is 0.618. The summed E-state index contributed by atoms with van der Waals surface area (Å²) < 4.78 is 5.30. The van der Waals surface area contributed by atoms with Gasteiger partial charge in [-0.3, -0.25) is 14.9 Å². The average molecular weight is 360 g/mol. The van der Waals surface area contributed by atoms with E-state index in [1.165, 1.54) is 6.42 Å². The van der Waals surface area contributed by atoms with Gasteiger partial charge in [0.2, 0.25) is 0 Å². The monoisotopic (exact) mass is 360 g/mol. The summed E-state index contributed by atoms with van der Waals surface area (Å²) in [6, 6.07) is -0.124. The van der Waals surface area contributed by atoms with Gasteiger partial charge in [-0.15, -0.1) is 0 Å². The van der Waals surface area contributed by atoms with E-state index in [0.717, 1.165) is 29.7 Å². The molecule has 8 nitrogen and oxygen atoms in total. The van der Waals surface area contributed by atoms with E-state index in [4.69, 9.17) is 4.74 Å². The first-order valence-corrected chi connectivity index (χ1v) is 9.13. The predicted octanol–water partition coefficient (Wildman–Crippen LogP) is 0.170. The summed E-state index contributed by atoms with van der Waals surface area (Å²) in [5, 5.41) is 8.44. The molecule has 2 heterocycles. The Morgan fingerprint density at radius 1 is 1.31 bits per heavy atom. The highest BCUT2D eigenvalue weighted by Gasteiger charge is 2.49. The fourth-order valence-corrected chi connectivity index (χ4v) is 3.98. The van der Waals surface area contributed by atoms with Crippen molar-refractivity contribution >= 4 is 17.8 Å². The second-order valence-electron chi connectivity index (χ2n) is 7.48. The Hall–Kier alpha value is -2.35. The first-order valence-electron chi connectivity index (χ1n) is 9.13. The SMILES string of the molecule is COC1=CC2=C(CC1)C(=O)N(CC1(CNC3CCC3)NC(=O)NC1=O)C2. The third-order valence-corrected chi connectivity index (χ3v) is 5.79. The van der Waals surface area contributed by atoms with Crippen molar-refractivity contribution in [1.29, 1.82) is 0 Å². The van der Waals surface area contributed by atoms with Crippen molar-refractivity contribution in [2.45, 2.75) is 43.7 Å². The maximum absolute atomic E-state index is 12.8.